The molecule has 21 heavy (non-hydrogen) atoms. The number of aryl methyl sites for hydroxylation is 1. The number of nitrogens with zero attached hydrogens (tertiary/aromatic N) is 1. The zero-order valence-electron chi connectivity index (χ0n) is 11.4. The van der Waals surface area contributed by atoms with E-state index in [1.165, 1.54) is 24.3 Å². The highest BCUT2D eigenvalue weighted by atomic mass is 19.1. The van der Waals surface area contributed by atoms with Crippen LogP contribution in [0.3, 0.4) is 0 Å². The molecule has 0 aliphatic carbocycles. The van der Waals surface area contributed by atoms with Gasteiger partial charge in [-0.3, -0.25) is 4.79 Å². The molecule has 1 aromatic heterocycles. The zero-order valence-corrected chi connectivity index (χ0v) is 11.4. The summed E-state index contributed by atoms with van der Waals surface area (Å²) in [5.74, 6) is -0.742. The summed E-state index contributed by atoms with van der Waals surface area (Å²) in [6, 6.07) is 10.5. The highest BCUT2D eigenvalue weighted by molar-refractivity contribution is 5.97. The van der Waals surface area contributed by atoms with Crippen LogP contribution in [0.5, 0.6) is 0 Å². The molecular formula is C17H13F2NO. The fourth-order valence-corrected chi connectivity index (χ4v) is 2.37. The van der Waals surface area contributed by atoms with Crippen molar-refractivity contribution in [2.45, 2.75) is 13.5 Å². The van der Waals surface area contributed by atoms with Crippen molar-refractivity contribution in [3.8, 4) is 0 Å². The Balaban J connectivity index is 1.91. The van der Waals surface area contributed by atoms with Gasteiger partial charge in [0.05, 0.1) is 6.54 Å². The van der Waals surface area contributed by atoms with Crippen LogP contribution < -0.4 is 0 Å². The van der Waals surface area contributed by atoms with Gasteiger partial charge >= 0.3 is 0 Å². The normalized spacial score (nSPS) is 11.0. The minimum atomic E-state index is -0.326. The molecule has 0 fully saturated rings. The maximum atomic E-state index is 13.2. The summed E-state index contributed by atoms with van der Waals surface area (Å²) < 4.78 is 28.1. The maximum absolute atomic E-state index is 13.2. The molecule has 0 bridgehead atoms. The van der Waals surface area contributed by atoms with Crippen LogP contribution in [0.1, 0.15) is 15.9 Å². The summed E-state index contributed by atoms with van der Waals surface area (Å²) in [7, 11) is 0. The average molecular weight is 285 g/mol. The van der Waals surface area contributed by atoms with E-state index in [2.05, 4.69) is 0 Å². The van der Waals surface area contributed by atoms with E-state index >= 15 is 0 Å². The van der Waals surface area contributed by atoms with Crippen LogP contribution in [0.15, 0.2) is 48.7 Å². The van der Waals surface area contributed by atoms with Crippen LogP contribution in [0, 0.1) is 18.6 Å². The Kier molecular flexibility index (Phi) is 3.29. The second-order valence-corrected chi connectivity index (χ2v) is 5.03. The highest BCUT2D eigenvalue weighted by Gasteiger charge is 2.10. The van der Waals surface area contributed by atoms with Crippen molar-refractivity contribution in [1.82, 2.24) is 4.57 Å². The van der Waals surface area contributed by atoms with E-state index in [1.807, 2.05) is 0 Å². The SMILES string of the molecule is Cc1cc(C(=O)Cn2ccc3cc(F)ccc32)ccc1F. The van der Waals surface area contributed by atoms with Crippen molar-refractivity contribution < 1.29 is 13.6 Å². The second-order valence-electron chi connectivity index (χ2n) is 5.03. The van der Waals surface area contributed by atoms with E-state index in [0.717, 1.165) is 10.9 Å². The first-order valence-corrected chi connectivity index (χ1v) is 6.58. The highest BCUT2D eigenvalue weighted by Crippen LogP contribution is 2.18. The number of carbonyl (C=O) groups excluding carboxylic acids is 1. The van der Waals surface area contributed by atoms with Crippen molar-refractivity contribution in [3.63, 3.8) is 0 Å². The molecular weight excluding hydrogens is 272 g/mol. The van der Waals surface area contributed by atoms with Crippen LogP contribution in [-0.4, -0.2) is 10.4 Å². The molecule has 0 radical (unpaired) electrons. The van der Waals surface area contributed by atoms with Crippen LogP contribution in [-0.2, 0) is 6.54 Å². The van der Waals surface area contributed by atoms with Gasteiger partial charge in [0.25, 0.3) is 0 Å². The summed E-state index contributed by atoms with van der Waals surface area (Å²) in [5, 5.41) is 0.748. The van der Waals surface area contributed by atoms with E-state index in [1.54, 1.807) is 35.9 Å². The van der Waals surface area contributed by atoms with Gasteiger partial charge < -0.3 is 4.57 Å². The van der Waals surface area contributed by atoms with E-state index < -0.39 is 0 Å². The standard InChI is InChI=1S/C17H13F2NO/c1-11-8-13(2-4-15(11)19)17(21)10-20-7-6-12-9-14(18)3-5-16(12)20/h2-9H,10H2,1H3. The third-order valence-corrected chi connectivity index (χ3v) is 3.53. The largest absolute Gasteiger partial charge is 0.340 e. The smallest absolute Gasteiger partial charge is 0.182 e. The van der Waals surface area contributed by atoms with E-state index in [4.69, 9.17) is 0 Å². The second kappa shape index (κ2) is 5.13. The third-order valence-electron chi connectivity index (χ3n) is 3.53. The molecule has 0 spiro atoms. The lowest BCUT2D eigenvalue weighted by Gasteiger charge is -2.06. The lowest BCUT2D eigenvalue weighted by Crippen LogP contribution is -2.10. The fourth-order valence-electron chi connectivity index (χ4n) is 2.37. The van der Waals surface area contributed by atoms with Crippen molar-refractivity contribution in [2.75, 3.05) is 0 Å². The minimum Gasteiger partial charge on any atom is -0.340 e. The number of benzene rings is 2. The topological polar surface area (TPSA) is 22.0 Å². The van der Waals surface area contributed by atoms with Crippen LogP contribution >= 0.6 is 0 Å². The Bertz CT molecular complexity index is 836. The third kappa shape index (κ3) is 2.57. The van der Waals surface area contributed by atoms with Crippen molar-refractivity contribution in [2.24, 2.45) is 0 Å². The van der Waals surface area contributed by atoms with E-state index in [9.17, 15) is 13.6 Å². The van der Waals surface area contributed by atoms with Crippen LogP contribution in [0.25, 0.3) is 10.9 Å². The Labute approximate surface area is 120 Å². The summed E-state index contributed by atoms with van der Waals surface area (Å²) in [4.78, 5) is 12.3. The van der Waals surface area contributed by atoms with Crippen molar-refractivity contribution in [1.29, 1.82) is 0 Å². The van der Waals surface area contributed by atoms with Gasteiger partial charge in [-0.2, -0.15) is 0 Å². The van der Waals surface area contributed by atoms with Crippen molar-refractivity contribution in [3.05, 3.63) is 71.4 Å². The van der Waals surface area contributed by atoms with Gasteiger partial charge in [-0.15, -0.1) is 0 Å². The summed E-state index contributed by atoms with van der Waals surface area (Å²) in [6.07, 6.45) is 1.75. The van der Waals surface area contributed by atoms with E-state index in [-0.39, 0.29) is 24.0 Å². The first-order valence-electron chi connectivity index (χ1n) is 6.58. The number of ketones is 1. The molecule has 2 nitrogen and oxygen atoms in total. The Morgan fingerprint density at radius 1 is 1.10 bits per heavy atom. The van der Waals surface area contributed by atoms with Crippen molar-refractivity contribution >= 4 is 16.7 Å². The van der Waals surface area contributed by atoms with Gasteiger partial charge in [0.2, 0.25) is 0 Å². The van der Waals surface area contributed by atoms with Crippen LogP contribution in [0.4, 0.5) is 8.78 Å². The predicted octanol–water partition coefficient (Wildman–Crippen LogP) is 4.11. The molecule has 0 amide bonds. The van der Waals surface area contributed by atoms with E-state index in [0.29, 0.717) is 11.1 Å². The summed E-state index contributed by atoms with van der Waals surface area (Å²) >= 11 is 0. The van der Waals surface area contributed by atoms with Gasteiger partial charge in [0, 0.05) is 22.7 Å². The number of Topliss-reactive ketones (excluding diaryl/α,β-unsaturated/α-hetero) is 1. The molecule has 4 heteroatoms. The molecule has 0 aliphatic heterocycles. The zero-order chi connectivity index (χ0) is 15.0. The fraction of sp³-hybridized carbons (Fsp3) is 0.118. The quantitative estimate of drug-likeness (QED) is 0.664. The summed E-state index contributed by atoms with van der Waals surface area (Å²) in [5.41, 5.74) is 1.71. The Hall–Kier alpha value is -2.49. The first kappa shape index (κ1) is 13.5. The van der Waals surface area contributed by atoms with Gasteiger partial charge in [-0.1, -0.05) is 0 Å². The van der Waals surface area contributed by atoms with Gasteiger partial charge in [-0.25, -0.2) is 8.78 Å². The van der Waals surface area contributed by atoms with Crippen LogP contribution in [0.2, 0.25) is 0 Å². The number of carbonyl (C=O) groups is 1. The number of hydrogen-bond acceptors (Lipinski definition) is 1. The number of hydrogen-bond donors (Lipinski definition) is 0. The minimum absolute atomic E-state index is 0.111. The first-order chi connectivity index (χ1) is 10.0. The lowest BCUT2D eigenvalue weighted by atomic mass is 10.1. The van der Waals surface area contributed by atoms with Gasteiger partial charge in [0.1, 0.15) is 11.6 Å². The Morgan fingerprint density at radius 2 is 1.90 bits per heavy atom. The molecule has 3 aromatic rings. The maximum Gasteiger partial charge on any atom is 0.182 e. The molecule has 0 N–H and O–H groups in total. The Morgan fingerprint density at radius 3 is 2.67 bits per heavy atom. The summed E-state index contributed by atoms with van der Waals surface area (Å²) in [6.45, 7) is 1.76. The average Bonchev–Trinajstić information content (AvgIpc) is 2.84. The number of rotatable bonds is 3. The molecule has 0 atom stereocenters. The molecule has 0 unspecified atom stereocenters. The molecule has 3 rings (SSSR count). The predicted molar refractivity (Wildman–Crippen MR) is 77.4 cm³/mol. The number of aromatic nitrogens is 1. The molecule has 0 saturated heterocycles. The molecule has 0 saturated carbocycles. The lowest BCUT2D eigenvalue weighted by molar-refractivity contribution is 0.0973. The van der Waals surface area contributed by atoms with Gasteiger partial charge in [0.15, 0.2) is 5.78 Å². The molecule has 106 valence electrons. The van der Waals surface area contributed by atoms with Gasteiger partial charge in [-0.05, 0) is 55.0 Å². The molecule has 2 aromatic carbocycles. The monoisotopic (exact) mass is 285 g/mol. The molecule has 1 heterocycles. The molecule has 0 aliphatic rings. The number of halogens is 2. The number of fused-ring (bicyclic) bond motifs is 1.